The molecule has 0 aliphatic carbocycles. The Kier molecular flexibility index (Phi) is 8.11. The number of hydrogen-bond donors (Lipinski definition) is 5. The van der Waals surface area contributed by atoms with Gasteiger partial charge in [0.15, 0.2) is 0 Å². The lowest BCUT2D eigenvalue weighted by molar-refractivity contribution is -0.0618. The molecule has 0 radical (unpaired) electrons. The van der Waals surface area contributed by atoms with E-state index < -0.39 is 60.7 Å². The molecule has 1 aliphatic heterocycles. The first-order valence-electron chi connectivity index (χ1n) is 8.10. The number of anilines is 1. The maximum Gasteiger partial charge on any atom is 0.490 e. The van der Waals surface area contributed by atoms with Crippen LogP contribution in [0.5, 0.6) is 0 Å². The van der Waals surface area contributed by atoms with E-state index in [1.54, 1.807) is 0 Å². The number of phosphoric ester groups is 1. The second-order valence-corrected chi connectivity index (χ2v) is 10.3. The van der Waals surface area contributed by atoms with E-state index in [2.05, 4.69) is 18.1 Å². The molecule has 6 N–H and O–H groups in total. The van der Waals surface area contributed by atoms with Crippen molar-refractivity contribution in [2.75, 3.05) is 12.4 Å². The minimum absolute atomic E-state index is 0.0197. The third-order valence-electron chi connectivity index (χ3n) is 3.68. The topological polar surface area (TPSA) is 230 Å². The summed E-state index contributed by atoms with van der Waals surface area (Å²) in [4.78, 5) is 51.3. The Labute approximate surface area is 168 Å². The Hall–Kier alpha value is -1.02. The van der Waals surface area contributed by atoms with Crippen molar-refractivity contribution in [2.24, 2.45) is 0 Å². The lowest BCUT2D eigenvalue weighted by Crippen LogP contribution is -2.31. The van der Waals surface area contributed by atoms with E-state index in [0.29, 0.717) is 0 Å². The maximum absolute atomic E-state index is 12.9. The van der Waals surface area contributed by atoms with Gasteiger partial charge in [-0.3, -0.25) is 13.5 Å². The van der Waals surface area contributed by atoms with Crippen LogP contribution in [0.4, 0.5) is 10.2 Å². The van der Waals surface area contributed by atoms with Crippen LogP contribution in [0.1, 0.15) is 25.5 Å². The summed E-state index contributed by atoms with van der Waals surface area (Å²) < 4.78 is 65.5. The molecule has 0 amide bonds. The predicted molar refractivity (Wildman–Crippen MR) is 95.4 cm³/mol. The largest absolute Gasteiger partial charge is 0.490 e. The normalized spacial score (nSPS) is 24.8. The number of ether oxygens (including phenoxy) is 1. The third-order valence-corrected chi connectivity index (χ3v) is 7.55. The maximum atomic E-state index is 12.9. The fourth-order valence-electron chi connectivity index (χ4n) is 2.65. The zero-order valence-electron chi connectivity index (χ0n) is 15.0. The van der Waals surface area contributed by atoms with Crippen molar-refractivity contribution >= 4 is 29.3 Å². The number of alkyl halides is 1. The predicted octanol–water partition coefficient (Wildman–Crippen LogP) is 0.575. The number of phosphoric acid groups is 3. The molecule has 1 saturated heterocycles. The minimum Gasteiger partial charge on any atom is -0.383 e. The number of nitrogens with two attached hydrogens (primary N) is 1. The van der Waals surface area contributed by atoms with Gasteiger partial charge in [0.2, 0.25) is 0 Å². The van der Waals surface area contributed by atoms with Gasteiger partial charge in [0.1, 0.15) is 12.0 Å². The summed E-state index contributed by atoms with van der Waals surface area (Å²) in [6.45, 7) is -1.05. The van der Waals surface area contributed by atoms with E-state index in [9.17, 15) is 32.7 Å². The molecule has 0 bridgehead atoms. The number of aromatic nitrogens is 2. The van der Waals surface area contributed by atoms with Gasteiger partial charge in [-0.05, 0) is 18.9 Å². The van der Waals surface area contributed by atoms with Crippen molar-refractivity contribution in [3.05, 3.63) is 22.7 Å². The molecule has 1 aromatic heterocycles. The van der Waals surface area contributed by atoms with Crippen molar-refractivity contribution in [1.82, 2.24) is 9.55 Å². The van der Waals surface area contributed by atoms with Gasteiger partial charge in [-0.2, -0.15) is 13.6 Å². The van der Waals surface area contributed by atoms with E-state index in [-0.39, 0.29) is 18.7 Å². The van der Waals surface area contributed by atoms with Crippen LogP contribution < -0.4 is 11.4 Å². The van der Waals surface area contributed by atoms with Crippen LogP contribution >= 0.6 is 23.5 Å². The zero-order valence-corrected chi connectivity index (χ0v) is 17.6. The quantitative estimate of drug-likeness (QED) is 0.278. The second-order valence-electron chi connectivity index (χ2n) is 5.96. The highest BCUT2D eigenvalue weighted by Crippen LogP contribution is 2.66. The van der Waals surface area contributed by atoms with Crippen LogP contribution in [0.3, 0.4) is 0 Å². The van der Waals surface area contributed by atoms with Crippen molar-refractivity contribution < 1.29 is 55.5 Å². The van der Waals surface area contributed by atoms with Gasteiger partial charge >= 0.3 is 29.2 Å². The first-order chi connectivity index (χ1) is 13.7. The SMILES string of the molecule is Nc1ccn(C2CCC(C(CCF)OP(=O)(O)OP(=O)(O)OP(=O)(O)O)O2)c(=O)n1. The summed E-state index contributed by atoms with van der Waals surface area (Å²) in [5.74, 6) is -0.0197. The van der Waals surface area contributed by atoms with Gasteiger partial charge in [0.25, 0.3) is 0 Å². The molecule has 0 aromatic carbocycles. The van der Waals surface area contributed by atoms with Gasteiger partial charge < -0.3 is 30.0 Å². The summed E-state index contributed by atoms with van der Waals surface area (Å²) in [5, 5.41) is 0. The zero-order chi connectivity index (χ0) is 22.7. The molecule has 2 heterocycles. The highest BCUT2D eigenvalue weighted by molar-refractivity contribution is 7.66. The molecule has 19 heteroatoms. The highest BCUT2D eigenvalue weighted by Gasteiger charge is 2.44. The molecular weight excluding hydrogens is 478 g/mol. The van der Waals surface area contributed by atoms with Crippen LogP contribution in [0.2, 0.25) is 0 Å². The van der Waals surface area contributed by atoms with E-state index in [4.69, 9.17) is 20.3 Å². The molecule has 172 valence electrons. The summed E-state index contributed by atoms with van der Waals surface area (Å²) >= 11 is 0. The number of nitrogen functional groups attached to an aromatic ring is 1. The number of hydrogen-bond acceptors (Lipinski definition) is 10. The first-order valence-corrected chi connectivity index (χ1v) is 12.6. The Morgan fingerprint density at radius 2 is 1.90 bits per heavy atom. The van der Waals surface area contributed by atoms with Gasteiger partial charge in [-0.25, -0.2) is 18.5 Å². The lowest BCUT2D eigenvalue weighted by atomic mass is 10.1. The van der Waals surface area contributed by atoms with E-state index in [1.165, 1.54) is 12.3 Å². The molecule has 15 nitrogen and oxygen atoms in total. The Morgan fingerprint density at radius 3 is 2.47 bits per heavy atom. The number of halogens is 1. The van der Waals surface area contributed by atoms with Gasteiger partial charge in [-0.1, -0.05) is 0 Å². The number of nitrogens with zero attached hydrogens (tertiary/aromatic N) is 2. The van der Waals surface area contributed by atoms with Gasteiger partial charge in [0, 0.05) is 12.6 Å². The Balaban J connectivity index is 2.10. The molecule has 1 aliphatic rings. The molecule has 0 saturated carbocycles. The summed E-state index contributed by atoms with van der Waals surface area (Å²) in [6.07, 6.45) is -2.26. The smallest absolute Gasteiger partial charge is 0.383 e. The molecular formula is C11H19FN3O12P3. The molecule has 1 aromatic rings. The first kappa shape index (κ1) is 25.2. The third kappa shape index (κ3) is 7.59. The molecule has 5 atom stereocenters. The molecule has 30 heavy (non-hydrogen) atoms. The average Bonchev–Trinajstić information content (AvgIpc) is 3.00. The van der Waals surface area contributed by atoms with Gasteiger partial charge in [-0.15, -0.1) is 0 Å². The monoisotopic (exact) mass is 497 g/mol. The van der Waals surface area contributed by atoms with Crippen molar-refractivity contribution in [1.29, 1.82) is 0 Å². The summed E-state index contributed by atoms with van der Waals surface area (Å²) in [7, 11) is -16.7. The van der Waals surface area contributed by atoms with Crippen LogP contribution in [-0.2, 0) is 31.6 Å². The second kappa shape index (κ2) is 9.63. The highest BCUT2D eigenvalue weighted by atomic mass is 31.3. The minimum atomic E-state index is -5.71. The lowest BCUT2D eigenvalue weighted by Gasteiger charge is -2.25. The van der Waals surface area contributed by atoms with E-state index in [0.717, 1.165) is 4.57 Å². The summed E-state index contributed by atoms with van der Waals surface area (Å²) in [5.41, 5.74) is 4.67. The van der Waals surface area contributed by atoms with Gasteiger partial charge in [0.05, 0.1) is 18.9 Å². The van der Waals surface area contributed by atoms with Crippen molar-refractivity contribution in [3.8, 4) is 0 Å². The van der Waals surface area contributed by atoms with E-state index >= 15 is 0 Å². The van der Waals surface area contributed by atoms with Crippen LogP contribution in [0, 0.1) is 0 Å². The molecule has 2 rings (SSSR count). The Bertz CT molecular complexity index is 953. The number of rotatable bonds is 10. The van der Waals surface area contributed by atoms with Crippen molar-refractivity contribution in [2.45, 2.75) is 37.7 Å². The molecule has 1 fully saturated rings. The van der Waals surface area contributed by atoms with Crippen molar-refractivity contribution in [3.63, 3.8) is 0 Å². The standard InChI is InChI=1S/C11H19FN3O12P3/c12-5-3-8(25-29(20,21)27-30(22,23)26-28(17,18)19)7-1-2-10(24-7)15-6-4-9(13)14-11(15)16/h4,6-8,10H,1-3,5H2,(H,20,21)(H,22,23)(H2,13,14,16)(H2,17,18,19). The molecule has 5 unspecified atom stereocenters. The fraction of sp³-hybridized carbons (Fsp3) is 0.636. The van der Waals surface area contributed by atoms with Crippen LogP contribution in [0.25, 0.3) is 0 Å². The van der Waals surface area contributed by atoms with Crippen LogP contribution in [0.15, 0.2) is 17.1 Å². The molecule has 0 spiro atoms. The average molecular weight is 497 g/mol. The van der Waals surface area contributed by atoms with E-state index in [1.807, 2.05) is 0 Å². The fourth-order valence-corrected chi connectivity index (χ4v) is 5.90. The summed E-state index contributed by atoms with van der Waals surface area (Å²) in [6, 6.07) is 1.34. The van der Waals surface area contributed by atoms with Crippen LogP contribution in [-0.4, -0.2) is 48.0 Å². The Morgan fingerprint density at radius 1 is 1.23 bits per heavy atom.